The molecule has 22 heavy (non-hydrogen) atoms. The molecular formula is C17H17BrN2O2. The van der Waals surface area contributed by atoms with E-state index in [4.69, 9.17) is 0 Å². The van der Waals surface area contributed by atoms with Gasteiger partial charge in [-0.1, -0.05) is 52.3 Å². The number of carbonyl (C=O) groups is 2. The topological polar surface area (TPSA) is 40.6 Å². The van der Waals surface area contributed by atoms with Crippen LogP contribution in [0.1, 0.15) is 0 Å². The van der Waals surface area contributed by atoms with Gasteiger partial charge in [-0.3, -0.25) is 9.59 Å². The molecule has 0 atom stereocenters. The van der Waals surface area contributed by atoms with Crippen molar-refractivity contribution in [2.75, 3.05) is 23.9 Å². The summed E-state index contributed by atoms with van der Waals surface area (Å²) in [6, 6.07) is 18.4. The van der Waals surface area contributed by atoms with Gasteiger partial charge >= 0.3 is 0 Å². The number of benzene rings is 2. The Kier molecular flexibility index (Phi) is 5.33. The summed E-state index contributed by atoms with van der Waals surface area (Å²) in [4.78, 5) is 26.9. The van der Waals surface area contributed by atoms with Gasteiger partial charge in [-0.15, -0.1) is 0 Å². The van der Waals surface area contributed by atoms with Gasteiger partial charge in [0.2, 0.25) is 11.8 Å². The molecule has 0 aliphatic rings. The molecular weight excluding hydrogens is 344 g/mol. The van der Waals surface area contributed by atoms with E-state index < -0.39 is 4.83 Å². The fraction of sp³-hybridized carbons (Fsp3) is 0.176. The van der Waals surface area contributed by atoms with E-state index in [1.165, 1.54) is 9.80 Å². The summed E-state index contributed by atoms with van der Waals surface area (Å²) in [5.41, 5.74) is 1.49. The Bertz CT molecular complexity index is 589. The first kappa shape index (κ1) is 16.2. The number of anilines is 2. The van der Waals surface area contributed by atoms with E-state index in [0.29, 0.717) is 0 Å². The van der Waals surface area contributed by atoms with Crippen LogP contribution in [-0.2, 0) is 9.59 Å². The predicted octanol–water partition coefficient (Wildman–Crippen LogP) is 3.08. The van der Waals surface area contributed by atoms with Crippen LogP contribution in [0.4, 0.5) is 11.4 Å². The quantitative estimate of drug-likeness (QED) is 0.620. The highest BCUT2D eigenvalue weighted by Gasteiger charge is 2.30. The van der Waals surface area contributed by atoms with E-state index in [1.807, 2.05) is 60.7 Å². The zero-order chi connectivity index (χ0) is 16.1. The largest absolute Gasteiger partial charge is 0.314 e. The molecule has 2 aromatic carbocycles. The Morgan fingerprint density at radius 2 is 1.09 bits per heavy atom. The van der Waals surface area contributed by atoms with E-state index in [0.717, 1.165) is 11.4 Å². The number of hydrogen-bond acceptors (Lipinski definition) is 2. The third kappa shape index (κ3) is 3.54. The lowest BCUT2D eigenvalue weighted by Gasteiger charge is -2.24. The third-order valence-corrected chi connectivity index (χ3v) is 4.17. The number of carbonyl (C=O) groups excluding carboxylic acids is 2. The second-order valence-corrected chi connectivity index (χ2v) is 5.74. The minimum atomic E-state index is -0.928. The smallest absolute Gasteiger partial charge is 0.250 e. The normalized spacial score (nSPS) is 10.4. The minimum absolute atomic E-state index is 0.306. The molecule has 0 fully saturated rings. The predicted molar refractivity (Wildman–Crippen MR) is 92.4 cm³/mol. The molecule has 114 valence electrons. The number of para-hydroxylation sites is 2. The van der Waals surface area contributed by atoms with Crippen molar-refractivity contribution in [1.82, 2.24) is 0 Å². The van der Waals surface area contributed by atoms with Crippen molar-refractivity contribution in [3.63, 3.8) is 0 Å². The highest BCUT2D eigenvalue weighted by atomic mass is 79.9. The van der Waals surface area contributed by atoms with Crippen molar-refractivity contribution < 1.29 is 9.59 Å². The average molecular weight is 361 g/mol. The Morgan fingerprint density at radius 3 is 1.41 bits per heavy atom. The second-order valence-electron chi connectivity index (χ2n) is 4.83. The average Bonchev–Trinajstić information content (AvgIpc) is 2.60. The fourth-order valence-corrected chi connectivity index (χ4v) is 2.62. The Balaban J connectivity index is 2.12. The molecule has 2 rings (SSSR count). The summed E-state index contributed by atoms with van der Waals surface area (Å²) in [5.74, 6) is -0.613. The van der Waals surface area contributed by atoms with Crippen molar-refractivity contribution >= 4 is 39.1 Å². The summed E-state index contributed by atoms with van der Waals surface area (Å²) in [5, 5.41) is 0. The van der Waals surface area contributed by atoms with Gasteiger partial charge in [-0.25, -0.2) is 0 Å². The van der Waals surface area contributed by atoms with E-state index >= 15 is 0 Å². The van der Waals surface area contributed by atoms with E-state index in [2.05, 4.69) is 15.9 Å². The standard InChI is InChI=1S/C17H17BrN2O2/c1-19(13-9-5-3-6-10-13)16(21)15(18)17(22)20(2)14-11-7-4-8-12-14/h3-12,15H,1-2H3. The van der Waals surface area contributed by atoms with Crippen molar-refractivity contribution in [3.8, 4) is 0 Å². The molecule has 0 N–H and O–H groups in total. The van der Waals surface area contributed by atoms with E-state index in [9.17, 15) is 9.59 Å². The van der Waals surface area contributed by atoms with Gasteiger partial charge in [0.15, 0.2) is 4.83 Å². The number of amides is 2. The molecule has 0 spiro atoms. The lowest BCUT2D eigenvalue weighted by Crippen LogP contribution is -2.43. The monoisotopic (exact) mass is 360 g/mol. The van der Waals surface area contributed by atoms with E-state index in [-0.39, 0.29) is 11.8 Å². The summed E-state index contributed by atoms with van der Waals surface area (Å²) in [7, 11) is 3.31. The van der Waals surface area contributed by atoms with Crippen LogP contribution in [0, 0.1) is 0 Å². The fourth-order valence-electron chi connectivity index (χ4n) is 2.00. The molecule has 4 nitrogen and oxygen atoms in total. The molecule has 0 radical (unpaired) electrons. The van der Waals surface area contributed by atoms with Gasteiger partial charge in [0.25, 0.3) is 0 Å². The molecule has 0 heterocycles. The van der Waals surface area contributed by atoms with Gasteiger partial charge in [0, 0.05) is 25.5 Å². The third-order valence-electron chi connectivity index (χ3n) is 3.38. The SMILES string of the molecule is CN(C(=O)C(Br)C(=O)N(C)c1ccccc1)c1ccccc1. The number of rotatable bonds is 4. The van der Waals surface area contributed by atoms with Crippen LogP contribution in [-0.4, -0.2) is 30.7 Å². The lowest BCUT2D eigenvalue weighted by molar-refractivity contribution is -0.125. The van der Waals surface area contributed by atoms with Crippen molar-refractivity contribution in [2.45, 2.75) is 4.83 Å². The zero-order valence-electron chi connectivity index (χ0n) is 12.4. The number of alkyl halides is 1. The maximum Gasteiger partial charge on any atom is 0.250 e. The van der Waals surface area contributed by atoms with Gasteiger partial charge < -0.3 is 9.80 Å². The molecule has 0 aliphatic heterocycles. The van der Waals surface area contributed by atoms with Gasteiger partial charge in [-0.05, 0) is 24.3 Å². The minimum Gasteiger partial charge on any atom is -0.314 e. The molecule has 0 saturated heterocycles. The maximum atomic E-state index is 12.5. The van der Waals surface area contributed by atoms with Crippen molar-refractivity contribution in [2.24, 2.45) is 0 Å². The molecule has 0 aromatic heterocycles. The van der Waals surface area contributed by atoms with Crippen LogP contribution in [0.15, 0.2) is 60.7 Å². The Labute approximate surface area is 138 Å². The summed E-state index contributed by atoms with van der Waals surface area (Å²) in [6.07, 6.45) is 0. The molecule has 0 unspecified atom stereocenters. The zero-order valence-corrected chi connectivity index (χ0v) is 14.0. The molecule has 5 heteroatoms. The highest BCUT2D eigenvalue weighted by molar-refractivity contribution is 9.10. The summed E-state index contributed by atoms with van der Waals surface area (Å²) in [6.45, 7) is 0. The molecule has 0 saturated carbocycles. The number of hydrogen-bond donors (Lipinski definition) is 0. The Morgan fingerprint density at radius 1 is 0.773 bits per heavy atom. The van der Waals surface area contributed by atoms with E-state index in [1.54, 1.807) is 14.1 Å². The van der Waals surface area contributed by atoms with Gasteiger partial charge in [0.05, 0.1) is 0 Å². The van der Waals surface area contributed by atoms with Crippen molar-refractivity contribution in [1.29, 1.82) is 0 Å². The molecule has 2 amide bonds. The first-order chi connectivity index (χ1) is 10.5. The van der Waals surface area contributed by atoms with Crippen LogP contribution < -0.4 is 9.80 Å². The maximum absolute atomic E-state index is 12.5. The van der Waals surface area contributed by atoms with Gasteiger partial charge in [-0.2, -0.15) is 0 Å². The molecule has 2 aromatic rings. The second kappa shape index (κ2) is 7.22. The molecule has 0 aliphatic carbocycles. The van der Waals surface area contributed by atoms with Crippen molar-refractivity contribution in [3.05, 3.63) is 60.7 Å². The first-order valence-corrected chi connectivity index (χ1v) is 7.73. The van der Waals surface area contributed by atoms with Crippen LogP contribution in [0.3, 0.4) is 0 Å². The van der Waals surface area contributed by atoms with Crippen LogP contribution >= 0.6 is 15.9 Å². The highest BCUT2D eigenvalue weighted by Crippen LogP contribution is 2.19. The lowest BCUT2D eigenvalue weighted by atomic mass is 10.2. The number of nitrogens with zero attached hydrogens (tertiary/aromatic N) is 2. The number of halogens is 1. The first-order valence-electron chi connectivity index (χ1n) is 6.81. The summed E-state index contributed by atoms with van der Waals surface area (Å²) < 4.78 is 0. The summed E-state index contributed by atoms with van der Waals surface area (Å²) >= 11 is 3.22. The van der Waals surface area contributed by atoms with Crippen LogP contribution in [0.25, 0.3) is 0 Å². The van der Waals surface area contributed by atoms with Crippen LogP contribution in [0.2, 0.25) is 0 Å². The Hall–Kier alpha value is -2.14. The van der Waals surface area contributed by atoms with Crippen LogP contribution in [0.5, 0.6) is 0 Å². The molecule has 0 bridgehead atoms. The van der Waals surface area contributed by atoms with Gasteiger partial charge in [0.1, 0.15) is 0 Å².